The van der Waals surface area contributed by atoms with E-state index in [-0.39, 0.29) is 22.8 Å². The van der Waals surface area contributed by atoms with Gasteiger partial charge >= 0.3 is 0 Å². The summed E-state index contributed by atoms with van der Waals surface area (Å²) in [5.41, 5.74) is 5.49. The van der Waals surface area contributed by atoms with Crippen molar-refractivity contribution >= 4 is 39.6 Å². The molecule has 1 spiro atoms. The van der Waals surface area contributed by atoms with E-state index < -0.39 is 32.6 Å². The van der Waals surface area contributed by atoms with Gasteiger partial charge in [-0.3, -0.25) is 18.9 Å². The minimum Gasteiger partial charge on any atom is -0.386 e. The van der Waals surface area contributed by atoms with Gasteiger partial charge in [0.2, 0.25) is 0 Å². The van der Waals surface area contributed by atoms with Gasteiger partial charge in [0.15, 0.2) is 0 Å². The Hall–Kier alpha value is -2.20. The molecular formula is C20H22ClFN4O3S. The number of halogens is 2. The molecule has 1 aromatic carbocycles. The zero-order chi connectivity index (χ0) is 21.7. The first-order valence-electron chi connectivity index (χ1n) is 9.41. The highest BCUT2D eigenvalue weighted by Crippen LogP contribution is 2.66. The largest absolute Gasteiger partial charge is 0.386 e. The Kier molecular flexibility index (Phi) is 5.05. The molecule has 0 bridgehead atoms. The van der Waals surface area contributed by atoms with Crippen molar-refractivity contribution in [3.63, 3.8) is 0 Å². The average Bonchev–Trinajstić information content (AvgIpc) is 2.61. The second-order valence-electron chi connectivity index (χ2n) is 7.94. The number of hydrogen-bond acceptors (Lipinski definition) is 6. The number of carbonyl (C=O) groups excluding carboxylic acids is 1. The molecule has 1 saturated carbocycles. The minimum absolute atomic E-state index is 0.126. The molecule has 1 atom stereocenters. The molecule has 160 valence electrons. The molecule has 4 rings (SSSR count). The van der Waals surface area contributed by atoms with E-state index >= 15 is 0 Å². The first-order valence-corrected chi connectivity index (χ1v) is 11.5. The molecule has 1 unspecified atom stereocenters. The normalized spacial score (nSPS) is 25.2. The number of pyridine rings is 1. The third kappa shape index (κ3) is 3.35. The number of nitrogens with one attached hydrogen (secondary N) is 1. The van der Waals surface area contributed by atoms with Gasteiger partial charge in [-0.25, -0.2) is 9.37 Å². The topological polar surface area (TPSA) is 121 Å². The zero-order valence-corrected chi connectivity index (χ0v) is 17.8. The molecule has 5 N–H and O–H groups in total. The van der Waals surface area contributed by atoms with Crippen molar-refractivity contribution in [1.29, 1.82) is 0 Å². The Bertz CT molecular complexity index is 1040. The Morgan fingerprint density at radius 3 is 2.60 bits per heavy atom. The summed E-state index contributed by atoms with van der Waals surface area (Å²) < 4.78 is 35.6. The first kappa shape index (κ1) is 21.0. The number of nitrogens with two attached hydrogens (primary N) is 1. The van der Waals surface area contributed by atoms with Crippen molar-refractivity contribution in [2.45, 2.75) is 36.5 Å². The molecule has 1 fully saturated rings. The second kappa shape index (κ2) is 7.19. The van der Waals surface area contributed by atoms with Gasteiger partial charge in [-0.15, -0.1) is 0 Å². The number of nitrogens with zero attached hydrogens (tertiary/aromatic N) is 2. The van der Waals surface area contributed by atoms with Gasteiger partial charge in [0.05, 0.1) is 10.8 Å². The molecule has 1 aliphatic carbocycles. The monoisotopic (exact) mass is 452 g/mol. The summed E-state index contributed by atoms with van der Waals surface area (Å²) in [4.78, 5) is 20.9. The number of benzene rings is 1. The molecule has 30 heavy (non-hydrogen) atoms. The maximum absolute atomic E-state index is 14.8. The third-order valence-corrected chi connectivity index (χ3v) is 8.93. The Morgan fingerprint density at radius 1 is 1.30 bits per heavy atom. The van der Waals surface area contributed by atoms with Gasteiger partial charge in [-0.05, 0) is 56.5 Å². The molecule has 1 amide bonds. The zero-order valence-electron chi connectivity index (χ0n) is 16.2. The summed E-state index contributed by atoms with van der Waals surface area (Å²) in [6.45, 7) is 1.62. The SMILES string of the molecule is CC1(c2cc(NC(=O)c3ccc(Cl)cn3)ccc2F)CS(O)(O)C2(CCC2)C(N)=N1. The summed E-state index contributed by atoms with van der Waals surface area (Å²) in [5, 5.41) is 3.07. The first-order chi connectivity index (χ1) is 14.1. The van der Waals surface area contributed by atoms with Crippen LogP contribution in [0.5, 0.6) is 0 Å². The lowest BCUT2D eigenvalue weighted by Gasteiger charge is -2.60. The van der Waals surface area contributed by atoms with Crippen LogP contribution in [0.4, 0.5) is 10.1 Å². The molecule has 7 nitrogen and oxygen atoms in total. The van der Waals surface area contributed by atoms with Gasteiger partial charge in [0.25, 0.3) is 5.91 Å². The average molecular weight is 453 g/mol. The van der Waals surface area contributed by atoms with Crippen molar-refractivity contribution in [1.82, 2.24) is 4.98 Å². The molecular weight excluding hydrogens is 431 g/mol. The van der Waals surface area contributed by atoms with Crippen LogP contribution in [0.1, 0.15) is 42.2 Å². The summed E-state index contributed by atoms with van der Waals surface area (Å²) >= 11 is 5.79. The van der Waals surface area contributed by atoms with E-state index in [2.05, 4.69) is 15.3 Å². The number of anilines is 1. The smallest absolute Gasteiger partial charge is 0.274 e. The van der Waals surface area contributed by atoms with Crippen molar-refractivity contribution in [2.75, 3.05) is 11.1 Å². The standard InChI is InChI=1S/C20H22ClFN4O3S/c1-19(11-30(28,29)20(7-2-8-20)18(23)26-19)14-9-13(4-5-15(14)22)25-17(27)16-6-3-12(21)10-24-16/h3-6,9-10,28-29H,2,7-8,11H2,1H3,(H2,23,26)(H,25,27). The predicted molar refractivity (Wildman–Crippen MR) is 117 cm³/mol. The number of aromatic nitrogens is 1. The van der Waals surface area contributed by atoms with E-state index in [1.54, 1.807) is 13.0 Å². The van der Waals surface area contributed by atoms with Crippen LogP contribution < -0.4 is 11.1 Å². The number of carbonyl (C=O) groups is 1. The van der Waals surface area contributed by atoms with E-state index in [1.807, 2.05) is 0 Å². The van der Waals surface area contributed by atoms with Gasteiger partial charge in [-0.1, -0.05) is 11.6 Å². The van der Waals surface area contributed by atoms with Crippen LogP contribution in [0.3, 0.4) is 0 Å². The quantitative estimate of drug-likeness (QED) is 0.550. The summed E-state index contributed by atoms with van der Waals surface area (Å²) in [5.74, 6) is -1.04. The van der Waals surface area contributed by atoms with Crippen LogP contribution in [0.15, 0.2) is 41.5 Å². The Morgan fingerprint density at radius 2 is 2.03 bits per heavy atom. The fourth-order valence-electron chi connectivity index (χ4n) is 4.04. The van der Waals surface area contributed by atoms with Gasteiger partial charge < -0.3 is 11.1 Å². The molecule has 10 heteroatoms. The molecule has 2 aromatic rings. The van der Waals surface area contributed by atoms with E-state index in [1.165, 1.54) is 30.5 Å². The van der Waals surface area contributed by atoms with E-state index in [0.717, 1.165) is 6.42 Å². The number of rotatable bonds is 3. The number of amides is 1. The van der Waals surface area contributed by atoms with Crippen LogP contribution in [0.25, 0.3) is 0 Å². The maximum Gasteiger partial charge on any atom is 0.274 e. The van der Waals surface area contributed by atoms with Crippen LogP contribution in [-0.2, 0) is 5.54 Å². The van der Waals surface area contributed by atoms with Crippen LogP contribution in [-0.4, -0.2) is 36.3 Å². The van der Waals surface area contributed by atoms with E-state index in [4.69, 9.17) is 17.3 Å². The van der Waals surface area contributed by atoms with Crippen LogP contribution >= 0.6 is 22.2 Å². The Labute approximate surface area is 179 Å². The summed E-state index contributed by atoms with van der Waals surface area (Å²) in [6, 6.07) is 7.08. The van der Waals surface area contributed by atoms with Crippen molar-refractivity contribution in [3.8, 4) is 0 Å². The third-order valence-electron chi connectivity index (χ3n) is 5.87. The van der Waals surface area contributed by atoms with Gasteiger partial charge in [-0.2, -0.15) is 10.6 Å². The molecule has 1 aliphatic heterocycles. The molecule has 0 radical (unpaired) electrons. The molecule has 2 aliphatic rings. The van der Waals surface area contributed by atoms with E-state index in [0.29, 0.717) is 23.6 Å². The molecule has 0 saturated heterocycles. The number of amidine groups is 1. The van der Waals surface area contributed by atoms with Crippen LogP contribution in [0.2, 0.25) is 5.02 Å². The fraction of sp³-hybridized carbons (Fsp3) is 0.350. The minimum atomic E-state index is -3.12. The van der Waals surface area contributed by atoms with E-state index in [9.17, 15) is 18.3 Å². The summed E-state index contributed by atoms with van der Waals surface area (Å²) in [7, 11) is -3.12. The lowest BCUT2D eigenvalue weighted by atomic mass is 9.82. The summed E-state index contributed by atoms with van der Waals surface area (Å²) in [6.07, 6.45) is 3.33. The predicted octanol–water partition coefficient (Wildman–Crippen LogP) is 4.39. The highest BCUT2D eigenvalue weighted by molar-refractivity contribution is 8.26. The Balaban J connectivity index is 1.66. The highest BCUT2D eigenvalue weighted by Gasteiger charge is 2.57. The van der Waals surface area contributed by atoms with Crippen molar-refractivity contribution in [3.05, 3.63) is 58.6 Å². The lowest BCUT2D eigenvalue weighted by Crippen LogP contribution is -2.59. The van der Waals surface area contributed by atoms with Gasteiger partial charge in [0, 0.05) is 17.4 Å². The number of hydrogen-bond donors (Lipinski definition) is 4. The molecule has 1 aromatic heterocycles. The second-order valence-corrected chi connectivity index (χ2v) is 10.8. The number of aliphatic imine (C=N–C) groups is 1. The van der Waals surface area contributed by atoms with Crippen molar-refractivity contribution < 1.29 is 18.3 Å². The van der Waals surface area contributed by atoms with Gasteiger partial charge in [0.1, 0.15) is 27.6 Å². The molecule has 2 heterocycles. The highest BCUT2D eigenvalue weighted by atomic mass is 35.5. The van der Waals surface area contributed by atoms with Crippen molar-refractivity contribution in [2.24, 2.45) is 10.7 Å². The lowest BCUT2D eigenvalue weighted by molar-refractivity contribution is 0.102. The fourth-order valence-corrected chi connectivity index (χ4v) is 6.75. The van der Waals surface area contributed by atoms with Crippen LogP contribution in [0, 0.1) is 5.82 Å². The maximum atomic E-state index is 14.8.